The third-order valence-electron chi connectivity index (χ3n) is 2.46. The van der Waals surface area contributed by atoms with Gasteiger partial charge in [-0.15, -0.1) is 0 Å². The average Bonchev–Trinajstić information content (AvgIpc) is 2.29. The lowest BCUT2D eigenvalue weighted by Gasteiger charge is -2.19. The molecule has 1 unspecified atom stereocenters. The first kappa shape index (κ1) is 13.3. The number of nitrogens with two attached hydrogens (primary N) is 1. The summed E-state index contributed by atoms with van der Waals surface area (Å²) < 4.78 is 12.0. The fourth-order valence-corrected chi connectivity index (χ4v) is 2.29. The van der Waals surface area contributed by atoms with Crippen LogP contribution in [0, 0.1) is 0 Å². The lowest BCUT2D eigenvalue weighted by molar-refractivity contribution is 0.305. The first-order valence-corrected chi connectivity index (χ1v) is 6.14. The van der Waals surface area contributed by atoms with Crippen LogP contribution in [0.3, 0.4) is 0 Å². The van der Waals surface area contributed by atoms with Crippen molar-refractivity contribution in [2.24, 2.45) is 5.73 Å². The molecule has 0 radical (unpaired) electrons. The molecule has 1 aromatic carbocycles. The van der Waals surface area contributed by atoms with Gasteiger partial charge >= 0.3 is 0 Å². The molecule has 0 saturated heterocycles. The van der Waals surface area contributed by atoms with Crippen molar-refractivity contribution in [3.8, 4) is 11.5 Å². The Morgan fingerprint density at radius 2 is 2.12 bits per heavy atom. The van der Waals surface area contributed by atoms with E-state index >= 15 is 0 Å². The van der Waals surface area contributed by atoms with E-state index in [0.717, 1.165) is 21.5 Å². The third-order valence-corrected chi connectivity index (χ3v) is 3.15. The highest BCUT2D eigenvalue weighted by atomic mass is 79.9. The van der Waals surface area contributed by atoms with Crippen LogP contribution < -0.4 is 15.2 Å². The van der Waals surface area contributed by atoms with Gasteiger partial charge in [0.15, 0.2) is 11.5 Å². The molecule has 1 atom stereocenters. The zero-order valence-corrected chi connectivity index (χ0v) is 11.5. The minimum atomic E-state index is 0.228. The van der Waals surface area contributed by atoms with Gasteiger partial charge in [-0.25, -0.2) is 0 Å². The van der Waals surface area contributed by atoms with Gasteiger partial charge < -0.3 is 15.2 Å². The highest BCUT2D eigenvalue weighted by Crippen LogP contribution is 2.40. The molecule has 0 fully saturated rings. The Labute approximate surface area is 105 Å². The second-order valence-electron chi connectivity index (χ2n) is 3.56. The van der Waals surface area contributed by atoms with Gasteiger partial charge in [0.05, 0.1) is 13.7 Å². The van der Waals surface area contributed by atoms with Crippen LogP contribution in [0.15, 0.2) is 16.6 Å². The van der Waals surface area contributed by atoms with Crippen molar-refractivity contribution < 1.29 is 9.47 Å². The Morgan fingerprint density at radius 3 is 2.62 bits per heavy atom. The topological polar surface area (TPSA) is 44.5 Å². The molecule has 0 heterocycles. The molecular weight excluding hydrogens is 270 g/mol. The fraction of sp³-hybridized carbons (Fsp3) is 0.500. The van der Waals surface area contributed by atoms with E-state index in [2.05, 4.69) is 22.9 Å². The van der Waals surface area contributed by atoms with Gasteiger partial charge in [-0.1, -0.05) is 22.9 Å². The number of methoxy groups -OCH3 is 1. The first-order chi connectivity index (χ1) is 7.65. The Morgan fingerprint density at radius 1 is 1.44 bits per heavy atom. The zero-order valence-electron chi connectivity index (χ0n) is 9.92. The van der Waals surface area contributed by atoms with Gasteiger partial charge in [0.1, 0.15) is 0 Å². The summed E-state index contributed by atoms with van der Waals surface area (Å²) in [6.45, 7) is 5.21. The number of rotatable bonds is 5. The van der Waals surface area contributed by atoms with E-state index < -0.39 is 0 Å². The van der Waals surface area contributed by atoms with E-state index in [1.165, 1.54) is 0 Å². The number of hydrogen-bond donors (Lipinski definition) is 1. The molecule has 0 aliphatic rings. The molecule has 2 N–H and O–H groups in total. The van der Waals surface area contributed by atoms with Crippen LogP contribution in [0.4, 0.5) is 0 Å². The standard InChI is InChI=1S/C12H18BrNO2/c1-4-16-12-10(15-3)6-5-9(13)11(12)8(2)7-14/h5-6,8H,4,7,14H2,1-3H3. The highest BCUT2D eigenvalue weighted by molar-refractivity contribution is 9.10. The molecule has 0 amide bonds. The van der Waals surface area contributed by atoms with Crippen molar-refractivity contribution in [1.82, 2.24) is 0 Å². The van der Waals surface area contributed by atoms with Gasteiger partial charge in [0, 0.05) is 10.0 Å². The van der Waals surface area contributed by atoms with Crippen LogP contribution >= 0.6 is 15.9 Å². The van der Waals surface area contributed by atoms with Crippen molar-refractivity contribution in [1.29, 1.82) is 0 Å². The van der Waals surface area contributed by atoms with Crippen LogP contribution in [-0.2, 0) is 0 Å². The number of hydrogen-bond acceptors (Lipinski definition) is 3. The van der Waals surface area contributed by atoms with Gasteiger partial charge in [0.2, 0.25) is 0 Å². The van der Waals surface area contributed by atoms with E-state index in [0.29, 0.717) is 13.2 Å². The fourth-order valence-electron chi connectivity index (χ4n) is 1.59. The maximum atomic E-state index is 5.71. The predicted octanol–water partition coefficient (Wildman–Crippen LogP) is 2.92. The molecule has 0 aromatic heterocycles. The van der Waals surface area contributed by atoms with Crippen molar-refractivity contribution in [3.05, 3.63) is 22.2 Å². The first-order valence-electron chi connectivity index (χ1n) is 5.34. The number of halogens is 1. The van der Waals surface area contributed by atoms with Crippen molar-refractivity contribution >= 4 is 15.9 Å². The summed E-state index contributed by atoms with van der Waals surface area (Å²) in [5, 5.41) is 0. The molecule has 90 valence electrons. The third kappa shape index (κ3) is 2.68. The van der Waals surface area contributed by atoms with E-state index in [1.54, 1.807) is 7.11 Å². The van der Waals surface area contributed by atoms with Crippen LogP contribution in [0.5, 0.6) is 11.5 Å². The molecule has 0 saturated carbocycles. The molecule has 3 nitrogen and oxygen atoms in total. The minimum absolute atomic E-state index is 0.228. The summed E-state index contributed by atoms with van der Waals surface area (Å²) in [5.74, 6) is 1.77. The second-order valence-corrected chi connectivity index (χ2v) is 4.42. The second kappa shape index (κ2) is 6.11. The maximum absolute atomic E-state index is 5.71. The number of ether oxygens (including phenoxy) is 2. The van der Waals surface area contributed by atoms with Crippen molar-refractivity contribution in [2.75, 3.05) is 20.3 Å². The Kier molecular flexibility index (Phi) is 5.09. The van der Waals surface area contributed by atoms with Crippen molar-refractivity contribution in [3.63, 3.8) is 0 Å². The summed E-state index contributed by atoms with van der Waals surface area (Å²) in [6.07, 6.45) is 0. The quantitative estimate of drug-likeness (QED) is 0.906. The molecule has 0 spiro atoms. The van der Waals surface area contributed by atoms with Crippen LogP contribution in [0.25, 0.3) is 0 Å². The highest BCUT2D eigenvalue weighted by Gasteiger charge is 2.18. The molecule has 0 bridgehead atoms. The Bertz CT molecular complexity index is 355. The zero-order chi connectivity index (χ0) is 12.1. The van der Waals surface area contributed by atoms with E-state index in [4.69, 9.17) is 15.2 Å². The summed E-state index contributed by atoms with van der Waals surface area (Å²) in [7, 11) is 1.64. The van der Waals surface area contributed by atoms with Gasteiger partial charge in [0.25, 0.3) is 0 Å². The van der Waals surface area contributed by atoms with Crippen LogP contribution in [0.1, 0.15) is 25.3 Å². The maximum Gasteiger partial charge on any atom is 0.165 e. The smallest absolute Gasteiger partial charge is 0.165 e. The van der Waals surface area contributed by atoms with Gasteiger partial charge in [-0.2, -0.15) is 0 Å². The molecule has 0 aliphatic heterocycles. The molecule has 0 aliphatic carbocycles. The van der Waals surface area contributed by atoms with E-state index in [1.807, 2.05) is 19.1 Å². The molecular formula is C12H18BrNO2. The van der Waals surface area contributed by atoms with Gasteiger partial charge in [-0.05, 0) is 31.5 Å². The Hall–Kier alpha value is -0.740. The summed E-state index contributed by atoms with van der Waals surface area (Å²) in [5.41, 5.74) is 6.79. The van der Waals surface area contributed by atoms with Crippen LogP contribution in [0.2, 0.25) is 0 Å². The summed E-state index contributed by atoms with van der Waals surface area (Å²) in [4.78, 5) is 0. The molecule has 1 aromatic rings. The Balaban J connectivity index is 3.29. The molecule has 16 heavy (non-hydrogen) atoms. The monoisotopic (exact) mass is 287 g/mol. The summed E-state index contributed by atoms with van der Waals surface area (Å²) >= 11 is 3.53. The normalized spacial score (nSPS) is 12.3. The molecule has 1 rings (SSSR count). The van der Waals surface area contributed by atoms with Crippen molar-refractivity contribution in [2.45, 2.75) is 19.8 Å². The van der Waals surface area contributed by atoms with E-state index in [-0.39, 0.29) is 5.92 Å². The lowest BCUT2D eigenvalue weighted by atomic mass is 10.00. The van der Waals surface area contributed by atoms with E-state index in [9.17, 15) is 0 Å². The number of benzene rings is 1. The minimum Gasteiger partial charge on any atom is -0.493 e. The van der Waals surface area contributed by atoms with Gasteiger partial charge in [-0.3, -0.25) is 0 Å². The summed E-state index contributed by atoms with van der Waals surface area (Å²) in [6, 6.07) is 3.85. The van der Waals surface area contributed by atoms with Crippen LogP contribution in [-0.4, -0.2) is 20.3 Å². The average molecular weight is 288 g/mol. The lowest BCUT2D eigenvalue weighted by Crippen LogP contribution is -2.12. The largest absolute Gasteiger partial charge is 0.493 e. The predicted molar refractivity (Wildman–Crippen MR) is 69.3 cm³/mol. The SMILES string of the molecule is CCOc1c(OC)ccc(Br)c1C(C)CN. The molecule has 4 heteroatoms.